The van der Waals surface area contributed by atoms with Gasteiger partial charge in [-0.05, 0) is 11.4 Å². The van der Waals surface area contributed by atoms with E-state index in [1.165, 1.54) is 15.6 Å². The lowest BCUT2D eigenvalue weighted by molar-refractivity contribution is 0.387. The highest BCUT2D eigenvalue weighted by molar-refractivity contribution is 7.89. The Morgan fingerprint density at radius 2 is 2.43 bits per heavy atom. The second-order valence-electron chi connectivity index (χ2n) is 3.21. The van der Waals surface area contributed by atoms with Crippen molar-refractivity contribution in [2.75, 3.05) is 13.1 Å². The van der Waals surface area contributed by atoms with Crippen molar-refractivity contribution in [2.24, 2.45) is 5.73 Å². The van der Waals surface area contributed by atoms with Gasteiger partial charge in [-0.1, -0.05) is 6.92 Å². The van der Waals surface area contributed by atoms with E-state index >= 15 is 0 Å². The number of fused-ring (bicyclic) bond motifs is 1. The SMILES string of the molecule is CCN1C[C@H](N)c2sccc2S1(=O)=O. The maximum Gasteiger partial charge on any atom is 0.244 e. The first kappa shape index (κ1) is 10.1. The van der Waals surface area contributed by atoms with Gasteiger partial charge >= 0.3 is 0 Å². The number of hydrogen-bond acceptors (Lipinski definition) is 4. The number of nitrogens with zero attached hydrogens (tertiary/aromatic N) is 1. The third-order valence-electron chi connectivity index (χ3n) is 2.36. The summed E-state index contributed by atoms with van der Waals surface area (Å²) in [4.78, 5) is 1.18. The highest BCUT2D eigenvalue weighted by atomic mass is 32.2. The van der Waals surface area contributed by atoms with Crippen molar-refractivity contribution in [3.63, 3.8) is 0 Å². The Morgan fingerprint density at radius 3 is 3.07 bits per heavy atom. The molecule has 2 N–H and O–H groups in total. The largest absolute Gasteiger partial charge is 0.322 e. The number of sulfonamides is 1. The van der Waals surface area contributed by atoms with E-state index in [9.17, 15) is 8.42 Å². The summed E-state index contributed by atoms with van der Waals surface area (Å²) in [7, 11) is -3.26. The van der Waals surface area contributed by atoms with Crippen LogP contribution < -0.4 is 5.73 Å². The Bertz CT molecular complexity index is 438. The first-order chi connectivity index (χ1) is 6.57. The van der Waals surface area contributed by atoms with Gasteiger partial charge < -0.3 is 5.73 Å². The van der Waals surface area contributed by atoms with Gasteiger partial charge in [-0.2, -0.15) is 4.31 Å². The molecule has 78 valence electrons. The summed E-state index contributed by atoms with van der Waals surface area (Å²) in [6.07, 6.45) is 0. The number of rotatable bonds is 1. The summed E-state index contributed by atoms with van der Waals surface area (Å²) < 4.78 is 25.3. The third kappa shape index (κ3) is 1.30. The standard InChI is InChI=1S/C8H12N2O2S2/c1-2-10-5-6(9)8-7(3-4-13-8)14(10,11)12/h3-4,6H,2,5,9H2,1H3/t6-/m0/s1. The quantitative estimate of drug-likeness (QED) is 0.778. The molecule has 6 heteroatoms. The van der Waals surface area contributed by atoms with Gasteiger partial charge in [-0.3, -0.25) is 0 Å². The molecule has 1 aromatic heterocycles. The summed E-state index contributed by atoms with van der Waals surface area (Å²) in [6.45, 7) is 2.69. The van der Waals surface area contributed by atoms with Crippen LogP contribution in [-0.4, -0.2) is 25.8 Å². The summed E-state index contributed by atoms with van der Waals surface area (Å²) in [5, 5.41) is 1.78. The second-order valence-corrected chi connectivity index (χ2v) is 6.07. The van der Waals surface area contributed by atoms with Crippen molar-refractivity contribution >= 4 is 21.4 Å². The van der Waals surface area contributed by atoms with Crippen LogP contribution >= 0.6 is 11.3 Å². The monoisotopic (exact) mass is 232 g/mol. The molecule has 4 nitrogen and oxygen atoms in total. The number of thiophene rings is 1. The zero-order chi connectivity index (χ0) is 10.3. The maximum absolute atomic E-state index is 11.9. The molecule has 0 radical (unpaired) electrons. The number of likely N-dealkylation sites (N-methyl/N-ethyl adjacent to an activating group) is 1. The van der Waals surface area contributed by atoms with E-state index in [0.717, 1.165) is 4.88 Å². The molecular formula is C8H12N2O2S2. The van der Waals surface area contributed by atoms with Gasteiger partial charge in [-0.25, -0.2) is 8.42 Å². The van der Waals surface area contributed by atoms with E-state index in [1.807, 2.05) is 6.92 Å². The molecule has 2 heterocycles. The van der Waals surface area contributed by atoms with Crippen LogP contribution in [0.2, 0.25) is 0 Å². The Morgan fingerprint density at radius 1 is 1.71 bits per heavy atom. The van der Waals surface area contributed by atoms with Crippen LogP contribution in [-0.2, 0) is 10.0 Å². The van der Waals surface area contributed by atoms with Crippen molar-refractivity contribution in [1.29, 1.82) is 0 Å². The molecule has 0 bridgehead atoms. The zero-order valence-electron chi connectivity index (χ0n) is 7.80. The minimum atomic E-state index is -3.26. The van der Waals surface area contributed by atoms with Crippen molar-refractivity contribution in [2.45, 2.75) is 17.9 Å². The number of hydrogen-bond donors (Lipinski definition) is 1. The molecule has 1 atom stereocenters. The predicted octanol–water partition coefficient (Wildman–Crippen LogP) is 0.772. The minimum Gasteiger partial charge on any atom is -0.322 e. The summed E-state index contributed by atoms with van der Waals surface area (Å²) >= 11 is 1.42. The molecule has 1 aliphatic rings. The highest BCUT2D eigenvalue weighted by Gasteiger charge is 2.35. The fourth-order valence-corrected chi connectivity index (χ4v) is 4.58. The molecule has 0 spiro atoms. The van der Waals surface area contributed by atoms with Crippen molar-refractivity contribution in [1.82, 2.24) is 4.31 Å². The normalized spacial score (nSPS) is 26.0. The summed E-state index contributed by atoms with van der Waals surface area (Å²) in [6, 6.07) is 1.46. The third-order valence-corrected chi connectivity index (χ3v) is 5.54. The van der Waals surface area contributed by atoms with Gasteiger partial charge in [0.1, 0.15) is 0 Å². The van der Waals surface area contributed by atoms with Crippen LogP contribution in [0.4, 0.5) is 0 Å². The van der Waals surface area contributed by atoms with E-state index in [0.29, 0.717) is 18.0 Å². The molecule has 0 aliphatic carbocycles. The summed E-state index contributed by atoms with van der Waals surface area (Å²) in [5.41, 5.74) is 5.88. The topological polar surface area (TPSA) is 63.4 Å². The molecular weight excluding hydrogens is 220 g/mol. The lowest BCUT2D eigenvalue weighted by Gasteiger charge is -2.28. The predicted molar refractivity (Wildman–Crippen MR) is 55.7 cm³/mol. The van der Waals surface area contributed by atoms with Crippen LogP contribution in [0.1, 0.15) is 17.8 Å². The summed E-state index contributed by atoms with van der Waals surface area (Å²) in [5.74, 6) is 0. The van der Waals surface area contributed by atoms with Crippen molar-refractivity contribution in [3.8, 4) is 0 Å². The lowest BCUT2D eigenvalue weighted by Crippen LogP contribution is -2.41. The lowest BCUT2D eigenvalue weighted by atomic mass is 10.2. The zero-order valence-corrected chi connectivity index (χ0v) is 9.44. The Labute approximate surface area is 87.4 Å². The smallest absolute Gasteiger partial charge is 0.244 e. The molecule has 2 rings (SSSR count). The van der Waals surface area contributed by atoms with E-state index in [2.05, 4.69) is 0 Å². The Kier molecular flexibility index (Phi) is 2.38. The molecule has 0 unspecified atom stereocenters. The van der Waals surface area contributed by atoms with Gasteiger partial charge in [0.2, 0.25) is 10.0 Å². The average Bonchev–Trinajstić information content (AvgIpc) is 2.60. The minimum absolute atomic E-state index is 0.173. The molecule has 0 fully saturated rings. The van der Waals surface area contributed by atoms with Crippen LogP contribution in [0.15, 0.2) is 16.3 Å². The van der Waals surface area contributed by atoms with E-state index < -0.39 is 10.0 Å². The van der Waals surface area contributed by atoms with Crippen molar-refractivity contribution < 1.29 is 8.42 Å². The molecule has 0 saturated heterocycles. The molecule has 0 aromatic carbocycles. The molecule has 1 aromatic rings. The van der Waals surface area contributed by atoms with Crippen LogP contribution in [0, 0.1) is 0 Å². The highest BCUT2D eigenvalue weighted by Crippen LogP contribution is 2.34. The Hall–Kier alpha value is -0.430. The average molecular weight is 232 g/mol. The van der Waals surface area contributed by atoms with E-state index in [-0.39, 0.29) is 6.04 Å². The molecule has 0 amide bonds. The van der Waals surface area contributed by atoms with Gasteiger partial charge in [0, 0.05) is 18.0 Å². The second kappa shape index (κ2) is 3.30. The van der Waals surface area contributed by atoms with Crippen LogP contribution in [0.3, 0.4) is 0 Å². The van der Waals surface area contributed by atoms with Crippen molar-refractivity contribution in [3.05, 3.63) is 16.3 Å². The van der Waals surface area contributed by atoms with E-state index in [1.54, 1.807) is 11.4 Å². The van der Waals surface area contributed by atoms with Gasteiger partial charge in [0.25, 0.3) is 0 Å². The van der Waals surface area contributed by atoms with Crippen LogP contribution in [0.5, 0.6) is 0 Å². The molecule has 14 heavy (non-hydrogen) atoms. The molecule has 1 aliphatic heterocycles. The Balaban J connectivity index is 2.59. The molecule has 0 saturated carbocycles. The van der Waals surface area contributed by atoms with Gasteiger partial charge in [0.15, 0.2) is 0 Å². The van der Waals surface area contributed by atoms with Gasteiger partial charge in [0.05, 0.1) is 10.9 Å². The fraction of sp³-hybridized carbons (Fsp3) is 0.500. The van der Waals surface area contributed by atoms with Crippen LogP contribution in [0.25, 0.3) is 0 Å². The first-order valence-corrected chi connectivity index (χ1v) is 6.72. The first-order valence-electron chi connectivity index (χ1n) is 4.40. The fourth-order valence-electron chi connectivity index (χ4n) is 1.63. The maximum atomic E-state index is 11.9. The number of nitrogens with two attached hydrogens (primary N) is 1. The van der Waals surface area contributed by atoms with E-state index in [4.69, 9.17) is 5.73 Å². The van der Waals surface area contributed by atoms with Gasteiger partial charge in [-0.15, -0.1) is 11.3 Å².